The molecule has 1 fully saturated rings. The lowest BCUT2D eigenvalue weighted by atomic mass is 9.87. The van der Waals surface area contributed by atoms with E-state index in [1.807, 2.05) is 6.08 Å². The van der Waals surface area contributed by atoms with E-state index in [1.54, 1.807) is 0 Å². The minimum absolute atomic E-state index is 0.627. The molecule has 0 bridgehead atoms. The highest BCUT2D eigenvalue weighted by Crippen LogP contribution is 2.24. The first kappa shape index (κ1) is 9.47. The molecular weight excluding hydrogens is 170 g/mol. The van der Waals surface area contributed by atoms with Gasteiger partial charge in [0.1, 0.15) is 0 Å². The summed E-state index contributed by atoms with van der Waals surface area (Å²) in [6.45, 7) is 7.23. The summed E-state index contributed by atoms with van der Waals surface area (Å²) >= 11 is 0. The normalized spacial score (nSPS) is 22.5. The van der Waals surface area contributed by atoms with E-state index in [9.17, 15) is 0 Å². The molecule has 14 heavy (non-hydrogen) atoms. The Balaban J connectivity index is 2.11. The van der Waals surface area contributed by atoms with Gasteiger partial charge in [-0.3, -0.25) is 0 Å². The minimum Gasteiger partial charge on any atom is -0.313 e. The van der Waals surface area contributed by atoms with Gasteiger partial charge >= 0.3 is 0 Å². The first-order valence-corrected chi connectivity index (χ1v) is 5.27. The van der Waals surface area contributed by atoms with E-state index in [4.69, 9.17) is 0 Å². The largest absolute Gasteiger partial charge is 0.313 e. The molecule has 0 spiro atoms. The molecule has 0 saturated carbocycles. The number of hydrogen-bond acceptors (Lipinski definition) is 1. The van der Waals surface area contributed by atoms with Gasteiger partial charge in [0, 0.05) is 6.04 Å². The van der Waals surface area contributed by atoms with Crippen molar-refractivity contribution < 1.29 is 0 Å². The molecule has 1 aromatic carbocycles. The lowest BCUT2D eigenvalue weighted by molar-refractivity contribution is 0.328. The topological polar surface area (TPSA) is 12.0 Å². The molecule has 1 heterocycles. The molecule has 1 heteroatoms. The van der Waals surface area contributed by atoms with Crippen LogP contribution in [0, 0.1) is 0 Å². The fourth-order valence-electron chi connectivity index (χ4n) is 1.91. The van der Waals surface area contributed by atoms with Crippen molar-refractivity contribution in [1.29, 1.82) is 0 Å². The van der Waals surface area contributed by atoms with Crippen molar-refractivity contribution in [2.24, 2.45) is 0 Å². The molecule has 1 aliphatic heterocycles. The van der Waals surface area contributed by atoms with Crippen molar-refractivity contribution in [2.45, 2.75) is 25.3 Å². The second kappa shape index (κ2) is 3.97. The SMILES string of the molecule is C=Cc1ccc(C(C)C2CCN2)cc1. The van der Waals surface area contributed by atoms with Gasteiger partial charge in [-0.05, 0) is 30.0 Å². The van der Waals surface area contributed by atoms with Crippen molar-refractivity contribution in [2.75, 3.05) is 6.54 Å². The molecule has 2 atom stereocenters. The highest BCUT2D eigenvalue weighted by Gasteiger charge is 2.23. The van der Waals surface area contributed by atoms with Crippen LogP contribution in [0.3, 0.4) is 0 Å². The van der Waals surface area contributed by atoms with Crippen LogP contribution in [0.15, 0.2) is 30.8 Å². The number of hydrogen-bond donors (Lipinski definition) is 1. The predicted octanol–water partition coefficient (Wildman–Crippen LogP) is 2.80. The summed E-state index contributed by atoms with van der Waals surface area (Å²) in [5.41, 5.74) is 2.62. The molecule has 0 aromatic heterocycles. The minimum atomic E-state index is 0.627. The Labute approximate surface area is 85.8 Å². The maximum atomic E-state index is 3.76. The van der Waals surface area contributed by atoms with E-state index < -0.39 is 0 Å². The first-order chi connectivity index (χ1) is 6.81. The van der Waals surface area contributed by atoms with Gasteiger partial charge in [0.25, 0.3) is 0 Å². The molecule has 1 nitrogen and oxygen atoms in total. The molecular formula is C13H17N. The first-order valence-electron chi connectivity index (χ1n) is 5.27. The fraction of sp³-hybridized carbons (Fsp3) is 0.385. The Morgan fingerprint density at radius 1 is 1.43 bits per heavy atom. The van der Waals surface area contributed by atoms with Gasteiger partial charge in [0.2, 0.25) is 0 Å². The van der Waals surface area contributed by atoms with Crippen LogP contribution in [-0.2, 0) is 0 Å². The van der Waals surface area contributed by atoms with Crippen LogP contribution in [0.25, 0.3) is 6.08 Å². The molecule has 2 unspecified atom stereocenters. The molecule has 2 rings (SSSR count). The van der Waals surface area contributed by atoms with Crippen LogP contribution >= 0.6 is 0 Å². The zero-order valence-electron chi connectivity index (χ0n) is 8.66. The maximum Gasteiger partial charge on any atom is 0.0145 e. The third-order valence-corrected chi connectivity index (χ3v) is 3.16. The Bertz CT molecular complexity index is 309. The summed E-state index contributed by atoms with van der Waals surface area (Å²) in [5, 5.41) is 3.45. The van der Waals surface area contributed by atoms with Crippen LogP contribution in [0.4, 0.5) is 0 Å². The Hall–Kier alpha value is -1.08. The summed E-state index contributed by atoms with van der Waals surface area (Å²) in [7, 11) is 0. The van der Waals surface area contributed by atoms with Crippen LogP contribution in [-0.4, -0.2) is 12.6 Å². The van der Waals surface area contributed by atoms with Gasteiger partial charge in [-0.1, -0.05) is 43.8 Å². The standard InChI is InChI=1S/C13H17N/c1-3-11-4-6-12(7-5-11)10(2)13-8-9-14-13/h3-7,10,13-14H,1,8-9H2,2H3. The van der Waals surface area contributed by atoms with E-state index in [1.165, 1.54) is 24.1 Å². The third-order valence-electron chi connectivity index (χ3n) is 3.16. The average molecular weight is 187 g/mol. The molecule has 0 amide bonds. The molecule has 0 radical (unpaired) electrons. The summed E-state index contributed by atoms with van der Waals surface area (Å²) < 4.78 is 0. The third kappa shape index (κ3) is 1.73. The number of nitrogens with one attached hydrogen (secondary N) is 1. The number of benzene rings is 1. The molecule has 1 N–H and O–H groups in total. The van der Waals surface area contributed by atoms with Crippen molar-refractivity contribution in [1.82, 2.24) is 5.32 Å². The molecule has 0 aliphatic carbocycles. The van der Waals surface area contributed by atoms with Gasteiger partial charge in [-0.15, -0.1) is 0 Å². The van der Waals surface area contributed by atoms with Crippen molar-refractivity contribution in [3.8, 4) is 0 Å². The molecule has 74 valence electrons. The van der Waals surface area contributed by atoms with Crippen molar-refractivity contribution in [3.63, 3.8) is 0 Å². The second-order valence-electron chi connectivity index (χ2n) is 4.01. The van der Waals surface area contributed by atoms with Gasteiger partial charge in [0.05, 0.1) is 0 Å². The lowest BCUT2D eigenvalue weighted by Crippen LogP contribution is -2.46. The quantitative estimate of drug-likeness (QED) is 0.767. The highest BCUT2D eigenvalue weighted by atomic mass is 15.0. The van der Waals surface area contributed by atoms with Crippen molar-refractivity contribution >= 4 is 6.08 Å². The van der Waals surface area contributed by atoms with Gasteiger partial charge in [-0.2, -0.15) is 0 Å². The predicted molar refractivity (Wildman–Crippen MR) is 61.4 cm³/mol. The highest BCUT2D eigenvalue weighted by molar-refractivity contribution is 5.47. The Morgan fingerprint density at radius 3 is 2.50 bits per heavy atom. The lowest BCUT2D eigenvalue weighted by Gasteiger charge is -2.33. The molecule has 1 aromatic rings. The van der Waals surface area contributed by atoms with Crippen LogP contribution in [0.5, 0.6) is 0 Å². The fourth-order valence-corrected chi connectivity index (χ4v) is 1.91. The van der Waals surface area contributed by atoms with E-state index >= 15 is 0 Å². The van der Waals surface area contributed by atoms with Crippen LogP contribution in [0.2, 0.25) is 0 Å². The summed E-state index contributed by atoms with van der Waals surface area (Å²) in [6.07, 6.45) is 3.19. The zero-order valence-corrected chi connectivity index (χ0v) is 8.66. The van der Waals surface area contributed by atoms with E-state index in [2.05, 4.69) is 43.1 Å². The maximum absolute atomic E-state index is 3.76. The zero-order chi connectivity index (χ0) is 9.97. The molecule has 1 saturated heterocycles. The number of rotatable bonds is 3. The molecule has 1 aliphatic rings. The van der Waals surface area contributed by atoms with Crippen molar-refractivity contribution in [3.05, 3.63) is 42.0 Å². The van der Waals surface area contributed by atoms with Gasteiger partial charge in [-0.25, -0.2) is 0 Å². The van der Waals surface area contributed by atoms with Gasteiger partial charge in [0.15, 0.2) is 0 Å². The summed E-state index contributed by atoms with van der Waals surface area (Å²) in [5.74, 6) is 0.627. The average Bonchev–Trinajstić information content (AvgIpc) is 2.15. The van der Waals surface area contributed by atoms with E-state index in [0.29, 0.717) is 12.0 Å². The Morgan fingerprint density at radius 2 is 2.07 bits per heavy atom. The van der Waals surface area contributed by atoms with E-state index in [-0.39, 0.29) is 0 Å². The monoisotopic (exact) mass is 187 g/mol. The summed E-state index contributed by atoms with van der Waals surface area (Å²) in [4.78, 5) is 0. The Kier molecular flexibility index (Phi) is 2.69. The smallest absolute Gasteiger partial charge is 0.0145 e. The summed E-state index contributed by atoms with van der Waals surface area (Å²) in [6, 6.07) is 9.38. The van der Waals surface area contributed by atoms with Crippen LogP contribution in [0.1, 0.15) is 30.4 Å². The second-order valence-corrected chi connectivity index (χ2v) is 4.01. The van der Waals surface area contributed by atoms with Gasteiger partial charge < -0.3 is 5.32 Å². The van der Waals surface area contributed by atoms with Crippen LogP contribution < -0.4 is 5.32 Å². The van der Waals surface area contributed by atoms with E-state index in [0.717, 1.165) is 0 Å².